The molecule has 2 aromatic carbocycles. The number of rotatable bonds is 4. The fourth-order valence-corrected chi connectivity index (χ4v) is 3.03. The Morgan fingerprint density at radius 1 is 1.20 bits per heavy atom. The molecule has 0 aliphatic carbocycles. The van der Waals surface area contributed by atoms with Gasteiger partial charge >= 0.3 is 0 Å². The molecule has 0 fully saturated rings. The van der Waals surface area contributed by atoms with E-state index in [1.165, 1.54) is 17.8 Å². The van der Waals surface area contributed by atoms with E-state index in [0.717, 1.165) is 9.37 Å². The lowest BCUT2D eigenvalue weighted by molar-refractivity contribution is -0.115. The zero-order valence-electron chi connectivity index (χ0n) is 10.8. The van der Waals surface area contributed by atoms with Gasteiger partial charge in [-0.3, -0.25) is 4.79 Å². The predicted octanol–water partition coefficient (Wildman–Crippen LogP) is 4.71. The van der Waals surface area contributed by atoms with Crippen molar-refractivity contribution < 1.29 is 9.18 Å². The minimum absolute atomic E-state index is 0.206. The van der Waals surface area contributed by atoms with Gasteiger partial charge in [-0.2, -0.15) is 0 Å². The summed E-state index contributed by atoms with van der Waals surface area (Å²) in [6.07, 6.45) is 0. The van der Waals surface area contributed by atoms with Crippen molar-refractivity contribution in [2.24, 2.45) is 0 Å². The lowest BCUT2D eigenvalue weighted by Crippen LogP contribution is -2.22. The van der Waals surface area contributed by atoms with Gasteiger partial charge in [0.15, 0.2) is 0 Å². The second-order valence-electron chi connectivity index (χ2n) is 4.16. The van der Waals surface area contributed by atoms with Crippen LogP contribution in [-0.2, 0) is 4.79 Å². The first-order valence-corrected chi connectivity index (χ1v) is 7.72. The van der Waals surface area contributed by atoms with Crippen LogP contribution in [0.15, 0.2) is 57.9 Å². The van der Waals surface area contributed by atoms with Gasteiger partial charge in [-0.05, 0) is 47.1 Å². The number of amides is 1. The Morgan fingerprint density at radius 2 is 1.85 bits per heavy atom. The molecule has 0 heterocycles. The highest BCUT2D eigenvalue weighted by atomic mass is 79.9. The summed E-state index contributed by atoms with van der Waals surface area (Å²) in [6.45, 7) is 1.79. The van der Waals surface area contributed by atoms with Crippen LogP contribution in [0, 0.1) is 5.82 Å². The molecule has 104 valence electrons. The minimum Gasteiger partial charge on any atom is -0.323 e. The maximum atomic E-state index is 13.5. The highest BCUT2D eigenvalue weighted by Gasteiger charge is 2.16. The van der Waals surface area contributed by atoms with E-state index in [0.29, 0.717) is 0 Å². The number of halogens is 2. The Balaban J connectivity index is 2.03. The molecule has 0 unspecified atom stereocenters. The summed E-state index contributed by atoms with van der Waals surface area (Å²) in [7, 11) is 0. The number of anilines is 1. The van der Waals surface area contributed by atoms with Crippen molar-refractivity contribution in [2.45, 2.75) is 17.1 Å². The van der Waals surface area contributed by atoms with Gasteiger partial charge in [-0.1, -0.05) is 24.3 Å². The molecule has 1 N–H and O–H groups in total. The number of hydrogen-bond acceptors (Lipinski definition) is 2. The minimum atomic E-state index is -0.432. The third-order valence-electron chi connectivity index (χ3n) is 2.64. The number of para-hydroxylation sites is 1. The van der Waals surface area contributed by atoms with Crippen molar-refractivity contribution in [3.63, 3.8) is 0 Å². The van der Waals surface area contributed by atoms with Crippen LogP contribution in [0.3, 0.4) is 0 Å². The van der Waals surface area contributed by atoms with E-state index in [1.54, 1.807) is 25.1 Å². The summed E-state index contributed by atoms with van der Waals surface area (Å²) in [4.78, 5) is 13.0. The van der Waals surface area contributed by atoms with Gasteiger partial charge in [0.2, 0.25) is 5.91 Å². The van der Waals surface area contributed by atoms with Crippen LogP contribution in [0.5, 0.6) is 0 Å². The molecule has 2 aromatic rings. The standard InChI is InChI=1S/C15H13BrFNOS/c1-10(20-14-9-5-2-6-11(14)16)15(19)18-13-8-4-3-7-12(13)17/h2-10H,1H3,(H,18,19)/t10-/m1/s1. The summed E-state index contributed by atoms with van der Waals surface area (Å²) >= 11 is 4.86. The van der Waals surface area contributed by atoms with Crippen molar-refractivity contribution >= 4 is 39.3 Å². The number of hydrogen-bond donors (Lipinski definition) is 1. The average Bonchev–Trinajstić information content (AvgIpc) is 2.43. The van der Waals surface area contributed by atoms with Crippen LogP contribution in [0.25, 0.3) is 0 Å². The quantitative estimate of drug-likeness (QED) is 0.806. The van der Waals surface area contributed by atoms with E-state index in [-0.39, 0.29) is 16.8 Å². The van der Waals surface area contributed by atoms with E-state index in [2.05, 4.69) is 21.2 Å². The van der Waals surface area contributed by atoms with Gasteiger partial charge in [0.1, 0.15) is 5.82 Å². The largest absolute Gasteiger partial charge is 0.323 e. The molecular weight excluding hydrogens is 341 g/mol. The van der Waals surface area contributed by atoms with E-state index in [4.69, 9.17) is 0 Å². The Hall–Kier alpha value is -1.33. The molecule has 20 heavy (non-hydrogen) atoms. The summed E-state index contributed by atoms with van der Waals surface area (Å²) in [6, 6.07) is 13.8. The van der Waals surface area contributed by atoms with Crippen LogP contribution >= 0.6 is 27.7 Å². The van der Waals surface area contributed by atoms with Gasteiger partial charge in [0, 0.05) is 9.37 Å². The van der Waals surface area contributed by atoms with Crippen LogP contribution < -0.4 is 5.32 Å². The van der Waals surface area contributed by atoms with E-state index in [1.807, 2.05) is 24.3 Å². The average molecular weight is 354 g/mol. The Bertz CT molecular complexity index is 620. The first kappa shape index (κ1) is 15.1. The van der Waals surface area contributed by atoms with Crippen molar-refractivity contribution in [2.75, 3.05) is 5.32 Å². The monoisotopic (exact) mass is 353 g/mol. The SMILES string of the molecule is C[C@@H](Sc1ccccc1Br)C(=O)Nc1ccccc1F. The molecule has 0 bridgehead atoms. The molecule has 0 aliphatic rings. The second-order valence-corrected chi connectivity index (χ2v) is 6.40. The number of nitrogens with one attached hydrogen (secondary N) is 1. The van der Waals surface area contributed by atoms with Gasteiger partial charge in [0.05, 0.1) is 10.9 Å². The highest BCUT2D eigenvalue weighted by Crippen LogP contribution is 2.30. The van der Waals surface area contributed by atoms with Crippen LogP contribution in [0.1, 0.15) is 6.92 Å². The summed E-state index contributed by atoms with van der Waals surface area (Å²) in [5, 5.41) is 2.27. The maximum Gasteiger partial charge on any atom is 0.237 e. The number of thioether (sulfide) groups is 1. The number of carbonyl (C=O) groups excluding carboxylic acids is 1. The lowest BCUT2D eigenvalue weighted by atomic mass is 10.3. The molecule has 0 aliphatic heterocycles. The zero-order chi connectivity index (χ0) is 14.5. The molecule has 0 aromatic heterocycles. The summed E-state index contributed by atoms with van der Waals surface area (Å²) in [5.41, 5.74) is 0.206. The normalized spacial score (nSPS) is 11.9. The van der Waals surface area contributed by atoms with Gasteiger partial charge in [-0.15, -0.1) is 11.8 Å². The van der Waals surface area contributed by atoms with Crippen molar-refractivity contribution in [1.29, 1.82) is 0 Å². The molecule has 2 nitrogen and oxygen atoms in total. The van der Waals surface area contributed by atoms with E-state index in [9.17, 15) is 9.18 Å². The van der Waals surface area contributed by atoms with Gasteiger partial charge < -0.3 is 5.32 Å². The highest BCUT2D eigenvalue weighted by molar-refractivity contribution is 9.10. The molecule has 0 saturated carbocycles. The third kappa shape index (κ3) is 3.84. The van der Waals surface area contributed by atoms with Gasteiger partial charge in [0.25, 0.3) is 0 Å². The van der Waals surface area contributed by atoms with Gasteiger partial charge in [-0.25, -0.2) is 4.39 Å². The van der Waals surface area contributed by atoms with Crippen LogP contribution in [0.4, 0.5) is 10.1 Å². The van der Waals surface area contributed by atoms with Crippen molar-refractivity contribution in [3.8, 4) is 0 Å². The Morgan fingerprint density at radius 3 is 2.55 bits per heavy atom. The van der Waals surface area contributed by atoms with Crippen LogP contribution in [-0.4, -0.2) is 11.2 Å². The first-order chi connectivity index (χ1) is 9.58. The van der Waals surface area contributed by atoms with Crippen LogP contribution in [0.2, 0.25) is 0 Å². The molecule has 1 amide bonds. The molecule has 0 spiro atoms. The lowest BCUT2D eigenvalue weighted by Gasteiger charge is -2.13. The molecule has 0 saturated heterocycles. The van der Waals surface area contributed by atoms with E-state index >= 15 is 0 Å². The Kier molecular flexibility index (Phi) is 5.20. The van der Waals surface area contributed by atoms with Crippen molar-refractivity contribution in [1.82, 2.24) is 0 Å². The van der Waals surface area contributed by atoms with Crippen molar-refractivity contribution in [3.05, 3.63) is 58.8 Å². The number of benzene rings is 2. The third-order valence-corrected chi connectivity index (χ3v) is 4.77. The smallest absolute Gasteiger partial charge is 0.237 e. The maximum absolute atomic E-state index is 13.5. The number of carbonyl (C=O) groups is 1. The summed E-state index contributed by atoms with van der Waals surface area (Å²) in [5.74, 6) is -0.658. The predicted molar refractivity (Wildman–Crippen MR) is 84.5 cm³/mol. The second kappa shape index (κ2) is 6.90. The molecule has 5 heteroatoms. The molecule has 0 radical (unpaired) electrons. The fourth-order valence-electron chi connectivity index (χ4n) is 1.58. The molecular formula is C15H13BrFNOS. The summed E-state index contributed by atoms with van der Waals surface area (Å²) < 4.78 is 14.4. The van der Waals surface area contributed by atoms with E-state index < -0.39 is 5.82 Å². The Labute approximate surface area is 129 Å². The zero-order valence-corrected chi connectivity index (χ0v) is 13.2. The first-order valence-electron chi connectivity index (χ1n) is 6.04. The molecule has 2 rings (SSSR count). The topological polar surface area (TPSA) is 29.1 Å². The molecule has 1 atom stereocenters. The fraction of sp³-hybridized carbons (Fsp3) is 0.133.